The first-order valence-electron chi connectivity index (χ1n) is 10.5. The molecule has 0 aliphatic carbocycles. The van der Waals surface area contributed by atoms with Crippen molar-refractivity contribution in [2.24, 2.45) is 0 Å². The van der Waals surface area contributed by atoms with Gasteiger partial charge in [0.15, 0.2) is 23.8 Å². The molecule has 10 heteroatoms. The van der Waals surface area contributed by atoms with E-state index < -0.39 is 24.5 Å². The highest BCUT2D eigenvalue weighted by molar-refractivity contribution is 5.93. The van der Waals surface area contributed by atoms with Crippen LogP contribution in [0.2, 0.25) is 0 Å². The van der Waals surface area contributed by atoms with E-state index in [1.54, 1.807) is 39.5 Å². The van der Waals surface area contributed by atoms with Gasteiger partial charge in [-0.2, -0.15) is 0 Å². The molecule has 3 heterocycles. The van der Waals surface area contributed by atoms with Crippen molar-refractivity contribution in [2.45, 2.75) is 24.5 Å². The second-order valence-corrected chi connectivity index (χ2v) is 7.70. The summed E-state index contributed by atoms with van der Waals surface area (Å²) in [5.41, 5.74) is 1.32. The molecule has 9 nitrogen and oxygen atoms in total. The number of fused-ring (bicyclic) bond motifs is 2. The summed E-state index contributed by atoms with van der Waals surface area (Å²) in [5, 5.41) is 4.00. The quantitative estimate of drug-likeness (QED) is 0.574. The van der Waals surface area contributed by atoms with Gasteiger partial charge in [0.25, 0.3) is 0 Å². The predicted octanol–water partition coefficient (Wildman–Crippen LogP) is 3.28. The number of hydrogen-bond acceptors (Lipinski definition) is 9. The molecule has 2 aliphatic rings. The molecule has 1 aromatic heterocycles. The molecule has 2 fully saturated rings. The first kappa shape index (κ1) is 21.5. The number of halogens is 1. The number of nitrogens with one attached hydrogen (secondary N) is 1. The van der Waals surface area contributed by atoms with Crippen LogP contribution in [0.15, 0.2) is 36.7 Å². The van der Waals surface area contributed by atoms with Crippen molar-refractivity contribution < 1.29 is 32.8 Å². The van der Waals surface area contributed by atoms with E-state index in [1.807, 2.05) is 12.1 Å². The highest BCUT2D eigenvalue weighted by Crippen LogP contribution is 2.39. The van der Waals surface area contributed by atoms with Crippen LogP contribution in [0.5, 0.6) is 23.0 Å². The van der Waals surface area contributed by atoms with Gasteiger partial charge in [0.05, 0.1) is 45.7 Å². The van der Waals surface area contributed by atoms with Crippen molar-refractivity contribution in [1.29, 1.82) is 0 Å². The summed E-state index contributed by atoms with van der Waals surface area (Å²) in [6.45, 7) is 0.253. The maximum Gasteiger partial charge on any atom is 0.164 e. The summed E-state index contributed by atoms with van der Waals surface area (Å²) in [5.74, 6) is 2.81. The Labute approximate surface area is 189 Å². The third kappa shape index (κ3) is 3.96. The molecule has 2 aliphatic heterocycles. The van der Waals surface area contributed by atoms with E-state index in [1.165, 1.54) is 6.33 Å². The molecule has 0 radical (unpaired) electrons. The van der Waals surface area contributed by atoms with Gasteiger partial charge in [0, 0.05) is 17.5 Å². The molecule has 174 valence electrons. The topological polar surface area (TPSA) is 93.2 Å². The molecule has 3 aromatic rings. The van der Waals surface area contributed by atoms with Crippen molar-refractivity contribution >= 4 is 22.4 Å². The van der Waals surface area contributed by atoms with Crippen LogP contribution in [-0.4, -0.2) is 69.0 Å². The van der Waals surface area contributed by atoms with E-state index in [-0.39, 0.29) is 13.2 Å². The maximum absolute atomic E-state index is 13.9. The fourth-order valence-corrected chi connectivity index (χ4v) is 4.14. The van der Waals surface area contributed by atoms with Gasteiger partial charge in [0.2, 0.25) is 0 Å². The molecular formula is C23H24FN3O6. The van der Waals surface area contributed by atoms with Crippen LogP contribution >= 0.6 is 0 Å². The highest BCUT2D eigenvalue weighted by Gasteiger charge is 2.49. The molecule has 2 unspecified atom stereocenters. The lowest BCUT2D eigenvalue weighted by atomic mass is 10.1. The van der Waals surface area contributed by atoms with E-state index in [4.69, 9.17) is 28.4 Å². The van der Waals surface area contributed by atoms with E-state index >= 15 is 0 Å². The molecule has 0 saturated carbocycles. The van der Waals surface area contributed by atoms with Crippen molar-refractivity contribution in [1.82, 2.24) is 9.97 Å². The Morgan fingerprint density at radius 1 is 0.909 bits per heavy atom. The van der Waals surface area contributed by atoms with Gasteiger partial charge in [-0.05, 0) is 18.2 Å². The number of nitrogens with zero attached hydrogens (tertiary/aromatic N) is 2. The molecule has 1 N–H and O–H groups in total. The lowest BCUT2D eigenvalue weighted by Crippen LogP contribution is -2.33. The number of methoxy groups -OCH3 is 3. The van der Waals surface area contributed by atoms with Gasteiger partial charge in [-0.3, -0.25) is 0 Å². The zero-order valence-corrected chi connectivity index (χ0v) is 18.4. The van der Waals surface area contributed by atoms with E-state index in [2.05, 4.69) is 15.3 Å². The smallest absolute Gasteiger partial charge is 0.164 e. The lowest BCUT2D eigenvalue weighted by molar-refractivity contribution is 0.0271. The number of aromatic nitrogens is 2. The van der Waals surface area contributed by atoms with Crippen LogP contribution < -0.4 is 24.3 Å². The third-order valence-electron chi connectivity index (χ3n) is 5.81. The second-order valence-electron chi connectivity index (χ2n) is 7.70. The van der Waals surface area contributed by atoms with E-state index in [9.17, 15) is 4.39 Å². The van der Waals surface area contributed by atoms with Gasteiger partial charge in [-0.15, -0.1) is 0 Å². The van der Waals surface area contributed by atoms with Crippen molar-refractivity contribution in [3.63, 3.8) is 0 Å². The molecular weight excluding hydrogens is 433 g/mol. The first-order valence-corrected chi connectivity index (χ1v) is 10.5. The number of benzene rings is 2. The minimum absolute atomic E-state index is 0.0139. The first-order chi connectivity index (χ1) is 16.1. The predicted molar refractivity (Wildman–Crippen MR) is 118 cm³/mol. The van der Waals surface area contributed by atoms with Gasteiger partial charge in [0.1, 0.15) is 35.9 Å². The molecule has 0 spiro atoms. The van der Waals surface area contributed by atoms with Crippen molar-refractivity contribution in [3.8, 4) is 23.0 Å². The Kier molecular flexibility index (Phi) is 5.77. The Hall–Kier alpha value is -3.37. The largest absolute Gasteiger partial charge is 0.497 e. The number of hydrogen-bond donors (Lipinski definition) is 1. The minimum Gasteiger partial charge on any atom is -0.497 e. The van der Waals surface area contributed by atoms with Crippen LogP contribution in [0.1, 0.15) is 0 Å². The summed E-state index contributed by atoms with van der Waals surface area (Å²) < 4.78 is 47.5. The van der Waals surface area contributed by atoms with Crippen LogP contribution in [0.4, 0.5) is 15.9 Å². The minimum atomic E-state index is -1.14. The fourth-order valence-electron chi connectivity index (χ4n) is 4.14. The second kappa shape index (κ2) is 8.87. The molecule has 0 bridgehead atoms. The van der Waals surface area contributed by atoms with Gasteiger partial charge < -0.3 is 33.7 Å². The van der Waals surface area contributed by atoms with Crippen molar-refractivity contribution in [2.75, 3.05) is 39.9 Å². The van der Waals surface area contributed by atoms with Crippen LogP contribution in [0.25, 0.3) is 10.9 Å². The average molecular weight is 457 g/mol. The van der Waals surface area contributed by atoms with Gasteiger partial charge >= 0.3 is 0 Å². The number of ether oxygens (including phenoxy) is 6. The summed E-state index contributed by atoms with van der Waals surface area (Å²) >= 11 is 0. The zero-order valence-electron chi connectivity index (χ0n) is 18.4. The summed E-state index contributed by atoms with van der Waals surface area (Å²) in [4.78, 5) is 8.78. The Bertz CT molecular complexity index is 1160. The van der Waals surface area contributed by atoms with Crippen LogP contribution in [0, 0.1) is 0 Å². The Morgan fingerprint density at radius 2 is 1.73 bits per heavy atom. The summed E-state index contributed by atoms with van der Waals surface area (Å²) in [6.07, 6.45) is -1.18. The average Bonchev–Trinajstić information content (AvgIpc) is 3.41. The van der Waals surface area contributed by atoms with Crippen LogP contribution in [0.3, 0.4) is 0 Å². The van der Waals surface area contributed by atoms with Crippen molar-refractivity contribution in [3.05, 3.63) is 36.7 Å². The molecule has 4 atom stereocenters. The standard InChI is InChI=1S/C23H24FN3O6/c1-28-12-4-5-17(29-2)16(6-12)27-23-13-7-18(30-3)19(8-15(13)25-11-26-23)33-20-10-32-21-14(24)9-31-22(20)21/h4-8,11,14,20-22H,9-10H2,1-3H3,(H,25,26,27)/t14?,20?,21-,22-/m0/s1. The Balaban J connectivity index is 1.47. The molecule has 33 heavy (non-hydrogen) atoms. The molecule has 5 rings (SSSR count). The maximum atomic E-state index is 13.9. The van der Waals surface area contributed by atoms with Gasteiger partial charge in [-0.1, -0.05) is 0 Å². The van der Waals surface area contributed by atoms with Gasteiger partial charge in [-0.25, -0.2) is 14.4 Å². The summed E-state index contributed by atoms with van der Waals surface area (Å²) in [6, 6.07) is 8.99. The Morgan fingerprint density at radius 3 is 2.52 bits per heavy atom. The lowest BCUT2D eigenvalue weighted by Gasteiger charge is -2.20. The SMILES string of the molecule is COc1ccc(OC)c(Nc2ncnc3cc(OC4CO[C@H]5C(F)CO[C@@H]45)c(OC)cc23)c1. The molecule has 2 saturated heterocycles. The third-order valence-corrected chi connectivity index (χ3v) is 5.81. The monoisotopic (exact) mass is 457 g/mol. The number of rotatable bonds is 7. The van der Waals surface area contributed by atoms with E-state index in [0.29, 0.717) is 45.4 Å². The van der Waals surface area contributed by atoms with Crippen LogP contribution in [-0.2, 0) is 9.47 Å². The highest BCUT2D eigenvalue weighted by atomic mass is 19.1. The fraction of sp³-hybridized carbons (Fsp3) is 0.391. The normalized spacial score (nSPS) is 23.9. The zero-order chi connectivity index (χ0) is 22.9. The number of alkyl halides is 1. The molecule has 2 aromatic carbocycles. The summed E-state index contributed by atoms with van der Waals surface area (Å²) in [7, 11) is 4.74. The van der Waals surface area contributed by atoms with E-state index in [0.717, 1.165) is 0 Å². The molecule has 0 amide bonds. The number of anilines is 2.